The third kappa shape index (κ3) is 4.43. The van der Waals surface area contributed by atoms with Gasteiger partial charge in [-0.15, -0.1) is 10.2 Å². The molecule has 0 radical (unpaired) electrons. The van der Waals surface area contributed by atoms with Crippen LogP contribution in [-0.4, -0.2) is 36.4 Å². The highest BCUT2D eigenvalue weighted by Crippen LogP contribution is 2.22. The van der Waals surface area contributed by atoms with Crippen LogP contribution in [0, 0.1) is 0 Å². The number of carbonyl (C=O) groups excluding carboxylic acids is 1. The number of halogens is 1. The molecule has 0 spiro atoms. The second-order valence-corrected chi connectivity index (χ2v) is 6.82. The van der Waals surface area contributed by atoms with Crippen LogP contribution >= 0.6 is 27.7 Å². The summed E-state index contributed by atoms with van der Waals surface area (Å²) in [5.74, 6) is 1.28. The van der Waals surface area contributed by atoms with Crippen LogP contribution in [-0.2, 0) is 11.3 Å². The lowest BCUT2D eigenvalue weighted by molar-refractivity contribution is -0.113. The van der Waals surface area contributed by atoms with Crippen molar-refractivity contribution in [3.8, 4) is 11.5 Å². The first-order valence-corrected chi connectivity index (χ1v) is 9.34. The first-order chi connectivity index (χ1) is 12.2. The fraction of sp³-hybridized carbons (Fsp3) is 0.188. The first-order valence-electron chi connectivity index (χ1n) is 7.56. The molecule has 3 aromatic rings. The van der Waals surface area contributed by atoms with Crippen molar-refractivity contribution in [2.45, 2.75) is 18.6 Å². The number of nitrogens with zero attached hydrogens (tertiary/aromatic N) is 5. The SMILES string of the molecule is CCn1c(SCC(=O)Nc2ccc(Br)cn2)nnc1-c1ccccn1. The summed E-state index contributed by atoms with van der Waals surface area (Å²) in [4.78, 5) is 20.5. The van der Waals surface area contributed by atoms with Gasteiger partial charge in [0.1, 0.15) is 11.5 Å². The number of hydrogen-bond acceptors (Lipinski definition) is 6. The minimum absolute atomic E-state index is 0.148. The molecule has 3 rings (SSSR count). The molecule has 1 amide bonds. The summed E-state index contributed by atoms with van der Waals surface area (Å²) in [7, 11) is 0. The number of pyridine rings is 2. The van der Waals surface area contributed by atoms with Crippen LogP contribution in [0.2, 0.25) is 0 Å². The molecule has 25 heavy (non-hydrogen) atoms. The number of rotatable bonds is 6. The minimum Gasteiger partial charge on any atom is -0.310 e. The molecule has 3 aromatic heterocycles. The lowest BCUT2D eigenvalue weighted by Crippen LogP contribution is -2.15. The van der Waals surface area contributed by atoms with E-state index in [1.54, 1.807) is 18.5 Å². The zero-order valence-electron chi connectivity index (χ0n) is 13.4. The Morgan fingerprint density at radius 3 is 2.80 bits per heavy atom. The lowest BCUT2D eigenvalue weighted by atomic mass is 10.3. The molecule has 1 N–H and O–H groups in total. The molecule has 9 heteroatoms. The standard InChI is InChI=1S/C16H15BrN6OS/c1-2-23-15(12-5-3-4-8-18-12)21-22-16(23)25-10-14(24)20-13-7-6-11(17)9-19-13/h3-9H,2,10H2,1H3,(H,19,20,24). The van der Waals surface area contributed by atoms with Gasteiger partial charge < -0.3 is 9.88 Å². The summed E-state index contributed by atoms with van der Waals surface area (Å²) in [6.45, 7) is 2.70. The van der Waals surface area contributed by atoms with E-state index in [0.717, 1.165) is 10.2 Å². The van der Waals surface area contributed by atoms with Crippen molar-refractivity contribution in [3.63, 3.8) is 0 Å². The van der Waals surface area contributed by atoms with Gasteiger partial charge in [0.2, 0.25) is 5.91 Å². The van der Waals surface area contributed by atoms with Gasteiger partial charge in [0.25, 0.3) is 0 Å². The summed E-state index contributed by atoms with van der Waals surface area (Å²) in [6, 6.07) is 9.20. The number of carbonyl (C=O) groups is 1. The summed E-state index contributed by atoms with van der Waals surface area (Å²) in [6.07, 6.45) is 3.35. The van der Waals surface area contributed by atoms with Crippen LogP contribution in [0.1, 0.15) is 6.92 Å². The molecular weight excluding hydrogens is 404 g/mol. The van der Waals surface area contributed by atoms with Crippen molar-refractivity contribution in [3.05, 3.63) is 47.2 Å². The molecule has 0 aliphatic heterocycles. The molecule has 3 heterocycles. The summed E-state index contributed by atoms with van der Waals surface area (Å²) < 4.78 is 2.80. The maximum absolute atomic E-state index is 12.1. The van der Waals surface area contributed by atoms with Crippen molar-refractivity contribution in [1.29, 1.82) is 0 Å². The minimum atomic E-state index is -0.148. The number of anilines is 1. The average Bonchev–Trinajstić information content (AvgIpc) is 3.05. The van der Waals surface area contributed by atoms with Crippen molar-refractivity contribution >= 4 is 39.4 Å². The molecule has 128 valence electrons. The molecule has 0 aliphatic carbocycles. The summed E-state index contributed by atoms with van der Waals surface area (Å²) in [5, 5.41) is 11.8. The quantitative estimate of drug-likeness (QED) is 0.618. The topological polar surface area (TPSA) is 85.6 Å². The highest BCUT2D eigenvalue weighted by Gasteiger charge is 2.15. The van der Waals surface area contributed by atoms with Gasteiger partial charge in [0.15, 0.2) is 11.0 Å². The van der Waals surface area contributed by atoms with Crippen LogP contribution < -0.4 is 5.32 Å². The summed E-state index contributed by atoms with van der Waals surface area (Å²) in [5.41, 5.74) is 0.757. The van der Waals surface area contributed by atoms with Crippen LogP contribution in [0.25, 0.3) is 11.5 Å². The predicted octanol–water partition coefficient (Wildman–Crippen LogP) is 3.25. The third-order valence-electron chi connectivity index (χ3n) is 3.25. The Balaban J connectivity index is 1.66. The molecule has 0 bridgehead atoms. The lowest BCUT2D eigenvalue weighted by Gasteiger charge is -2.07. The smallest absolute Gasteiger partial charge is 0.236 e. The fourth-order valence-corrected chi connectivity index (χ4v) is 3.16. The number of nitrogens with one attached hydrogen (secondary N) is 1. The normalized spacial score (nSPS) is 10.6. The van der Waals surface area contributed by atoms with Crippen molar-refractivity contribution < 1.29 is 4.79 Å². The molecular formula is C16H15BrN6OS. The molecule has 0 aromatic carbocycles. The Morgan fingerprint density at radius 1 is 1.24 bits per heavy atom. The molecule has 0 saturated heterocycles. The largest absolute Gasteiger partial charge is 0.310 e. The third-order valence-corrected chi connectivity index (χ3v) is 4.69. The number of aromatic nitrogens is 5. The number of hydrogen-bond donors (Lipinski definition) is 1. The highest BCUT2D eigenvalue weighted by atomic mass is 79.9. The van der Waals surface area contributed by atoms with Gasteiger partial charge in [-0.3, -0.25) is 9.78 Å². The Labute approximate surface area is 157 Å². The number of thioether (sulfide) groups is 1. The average molecular weight is 419 g/mol. The predicted molar refractivity (Wildman–Crippen MR) is 100 cm³/mol. The second-order valence-electron chi connectivity index (χ2n) is 4.96. The molecule has 0 fully saturated rings. The van der Waals surface area contributed by atoms with Crippen molar-refractivity contribution in [2.75, 3.05) is 11.1 Å². The molecule has 0 atom stereocenters. The van der Waals surface area contributed by atoms with E-state index >= 15 is 0 Å². The van der Waals surface area contributed by atoms with Crippen molar-refractivity contribution in [2.24, 2.45) is 0 Å². The van der Waals surface area contributed by atoms with Crippen LogP contribution in [0.5, 0.6) is 0 Å². The van der Waals surface area contributed by atoms with Gasteiger partial charge in [-0.05, 0) is 47.1 Å². The van der Waals surface area contributed by atoms with Gasteiger partial charge in [-0.1, -0.05) is 17.8 Å². The van der Waals surface area contributed by atoms with Crippen LogP contribution in [0.4, 0.5) is 5.82 Å². The Bertz CT molecular complexity index is 853. The molecule has 0 saturated carbocycles. The van der Waals surface area contributed by atoms with Crippen LogP contribution in [0.3, 0.4) is 0 Å². The van der Waals surface area contributed by atoms with E-state index < -0.39 is 0 Å². The fourth-order valence-electron chi connectivity index (χ4n) is 2.12. The molecule has 7 nitrogen and oxygen atoms in total. The van der Waals surface area contributed by atoms with E-state index in [1.165, 1.54) is 11.8 Å². The zero-order valence-corrected chi connectivity index (χ0v) is 15.8. The molecule has 0 aliphatic rings. The first kappa shape index (κ1) is 17.6. The van der Waals surface area contributed by atoms with Gasteiger partial charge in [0.05, 0.1) is 5.75 Å². The van der Waals surface area contributed by atoms with Gasteiger partial charge in [-0.25, -0.2) is 4.98 Å². The zero-order chi connectivity index (χ0) is 17.6. The van der Waals surface area contributed by atoms with E-state index in [2.05, 4.69) is 41.4 Å². The Kier molecular flexibility index (Phi) is 5.77. The highest BCUT2D eigenvalue weighted by molar-refractivity contribution is 9.10. The van der Waals surface area contributed by atoms with Gasteiger partial charge in [0, 0.05) is 23.4 Å². The summed E-state index contributed by atoms with van der Waals surface area (Å²) >= 11 is 4.64. The van der Waals surface area contributed by atoms with Gasteiger partial charge in [-0.2, -0.15) is 0 Å². The van der Waals surface area contributed by atoms with E-state index in [9.17, 15) is 4.79 Å². The van der Waals surface area contributed by atoms with Crippen molar-refractivity contribution in [1.82, 2.24) is 24.7 Å². The Morgan fingerprint density at radius 2 is 2.12 bits per heavy atom. The Hall–Kier alpha value is -2.26. The van der Waals surface area contributed by atoms with Gasteiger partial charge >= 0.3 is 0 Å². The molecule has 0 unspecified atom stereocenters. The van der Waals surface area contributed by atoms with E-state index in [1.807, 2.05) is 35.8 Å². The maximum Gasteiger partial charge on any atom is 0.236 e. The number of amides is 1. The second kappa shape index (κ2) is 8.21. The maximum atomic E-state index is 12.1. The van der Waals surface area contributed by atoms with E-state index in [0.29, 0.717) is 23.3 Å². The monoisotopic (exact) mass is 418 g/mol. The van der Waals surface area contributed by atoms with E-state index in [4.69, 9.17) is 0 Å². The van der Waals surface area contributed by atoms with Crippen LogP contribution in [0.15, 0.2) is 52.4 Å². The van der Waals surface area contributed by atoms with E-state index in [-0.39, 0.29) is 11.7 Å².